The summed E-state index contributed by atoms with van der Waals surface area (Å²) in [5.41, 5.74) is 1.35. The number of rotatable bonds is 4. The lowest BCUT2D eigenvalue weighted by Gasteiger charge is -2.31. The topological polar surface area (TPSA) is 41.5 Å². The van der Waals surface area contributed by atoms with Crippen LogP contribution < -0.4 is 5.32 Å². The molecule has 0 saturated carbocycles. The monoisotopic (exact) mass is 283 g/mol. The SMILES string of the molecule is Cc1ccc(CC(C)(O)CC2COCCN2)c(Cl)c1. The molecule has 2 rings (SSSR count). The number of benzene rings is 1. The predicted molar refractivity (Wildman–Crippen MR) is 77.7 cm³/mol. The third-order valence-corrected chi connectivity index (χ3v) is 3.82. The maximum atomic E-state index is 10.6. The highest BCUT2D eigenvalue weighted by atomic mass is 35.5. The lowest BCUT2D eigenvalue weighted by atomic mass is 9.89. The number of morpholine rings is 1. The summed E-state index contributed by atoms with van der Waals surface area (Å²) in [6, 6.07) is 6.18. The summed E-state index contributed by atoms with van der Waals surface area (Å²) in [6.45, 7) is 6.14. The molecule has 2 atom stereocenters. The molecule has 1 fully saturated rings. The third kappa shape index (κ3) is 4.46. The number of nitrogens with one attached hydrogen (secondary N) is 1. The minimum absolute atomic E-state index is 0.216. The van der Waals surface area contributed by atoms with E-state index in [-0.39, 0.29) is 6.04 Å². The Balaban J connectivity index is 1.99. The molecule has 4 heteroatoms. The summed E-state index contributed by atoms with van der Waals surface area (Å²) in [4.78, 5) is 0. The van der Waals surface area contributed by atoms with Gasteiger partial charge in [-0.25, -0.2) is 0 Å². The lowest BCUT2D eigenvalue weighted by molar-refractivity contribution is 0.00652. The van der Waals surface area contributed by atoms with E-state index >= 15 is 0 Å². The van der Waals surface area contributed by atoms with Crippen molar-refractivity contribution in [3.8, 4) is 0 Å². The fourth-order valence-corrected chi connectivity index (χ4v) is 2.86. The van der Waals surface area contributed by atoms with Crippen molar-refractivity contribution in [2.75, 3.05) is 19.8 Å². The molecule has 2 N–H and O–H groups in total. The van der Waals surface area contributed by atoms with E-state index in [1.165, 1.54) is 0 Å². The van der Waals surface area contributed by atoms with Gasteiger partial charge in [-0.1, -0.05) is 23.7 Å². The van der Waals surface area contributed by atoms with Crippen molar-refractivity contribution in [1.29, 1.82) is 0 Å². The summed E-state index contributed by atoms with van der Waals surface area (Å²) in [5.74, 6) is 0. The average molecular weight is 284 g/mol. The Morgan fingerprint density at radius 2 is 2.32 bits per heavy atom. The molecule has 106 valence electrons. The van der Waals surface area contributed by atoms with Crippen molar-refractivity contribution in [2.45, 2.75) is 38.3 Å². The highest BCUT2D eigenvalue weighted by Gasteiger charge is 2.27. The fourth-order valence-electron chi connectivity index (χ4n) is 2.56. The van der Waals surface area contributed by atoms with E-state index in [1.807, 2.05) is 32.0 Å². The smallest absolute Gasteiger partial charge is 0.0676 e. The summed E-state index contributed by atoms with van der Waals surface area (Å²) in [7, 11) is 0. The Morgan fingerprint density at radius 3 is 2.95 bits per heavy atom. The molecule has 3 nitrogen and oxygen atoms in total. The highest BCUT2D eigenvalue weighted by molar-refractivity contribution is 6.31. The van der Waals surface area contributed by atoms with Crippen LogP contribution in [0.5, 0.6) is 0 Å². The number of hydrogen-bond acceptors (Lipinski definition) is 3. The Labute approximate surface area is 119 Å². The molecule has 1 aliphatic rings. The quantitative estimate of drug-likeness (QED) is 0.891. The van der Waals surface area contributed by atoms with Crippen LogP contribution in [0.1, 0.15) is 24.5 Å². The van der Waals surface area contributed by atoms with Crippen LogP contribution in [0.3, 0.4) is 0 Å². The first kappa shape index (κ1) is 14.8. The molecular weight excluding hydrogens is 262 g/mol. The van der Waals surface area contributed by atoms with Gasteiger partial charge in [-0.05, 0) is 37.5 Å². The first-order valence-electron chi connectivity index (χ1n) is 6.75. The van der Waals surface area contributed by atoms with Crippen molar-refractivity contribution in [3.05, 3.63) is 34.3 Å². The van der Waals surface area contributed by atoms with E-state index in [9.17, 15) is 5.11 Å². The Bertz CT molecular complexity index is 428. The average Bonchev–Trinajstić information content (AvgIpc) is 2.33. The number of aryl methyl sites for hydroxylation is 1. The molecule has 0 aliphatic carbocycles. The predicted octanol–water partition coefficient (Wildman–Crippen LogP) is 2.32. The maximum absolute atomic E-state index is 10.6. The molecule has 1 aliphatic heterocycles. The zero-order valence-electron chi connectivity index (χ0n) is 11.6. The zero-order valence-corrected chi connectivity index (χ0v) is 12.3. The van der Waals surface area contributed by atoms with E-state index < -0.39 is 5.60 Å². The van der Waals surface area contributed by atoms with Crippen molar-refractivity contribution in [2.24, 2.45) is 0 Å². The Kier molecular flexibility index (Phi) is 4.85. The second-order valence-electron chi connectivity index (χ2n) is 5.70. The summed E-state index contributed by atoms with van der Waals surface area (Å²) in [6.07, 6.45) is 1.22. The van der Waals surface area contributed by atoms with Crippen LogP contribution in [-0.2, 0) is 11.2 Å². The minimum Gasteiger partial charge on any atom is -0.390 e. The van der Waals surface area contributed by atoms with Crippen LogP contribution in [0.15, 0.2) is 18.2 Å². The van der Waals surface area contributed by atoms with Crippen LogP contribution in [-0.4, -0.2) is 36.5 Å². The number of ether oxygens (including phenoxy) is 1. The maximum Gasteiger partial charge on any atom is 0.0676 e. The van der Waals surface area contributed by atoms with E-state index in [2.05, 4.69) is 5.32 Å². The van der Waals surface area contributed by atoms with Crippen LogP contribution in [0.4, 0.5) is 0 Å². The first-order valence-corrected chi connectivity index (χ1v) is 7.13. The molecule has 2 unspecified atom stereocenters. The largest absolute Gasteiger partial charge is 0.390 e. The van der Waals surface area contributed by atoms with Gasteiger partial charge in [-0.2, -0.15) is 0 Å². The van der Waals surface area contributed by atoms with Crippen LogP contribution in [0.2, 0.25) is 5.02 Å². The van der Waals surface area contributed by atoms with Crippen molar-refractivity contribution in [1.82, 2.24) is 5.32 Å². The summed E-state index contributed by atoms with van der Waals surface area (Å²) in [5, 5.41) is 14.7. The Morgan fingerprint density at radius 1 is 1.53 bits per heavy atom. The van der Waals surface area contributed by atoms with Crippen LogP contribution in [0.25, 0.3) is 0 Å². The molecular formula is C15H22ClNO2. The normalized spacial score (nSPS) is 23.1. The second-order valence-corrected chi connectivity index (χ2v) is 6.11. The lowest BCUT2D eigenvalue weighted by Crippen LogP contribution is -2.46. The van der Waals surface area contributed by atoms with Crippen LogP contribution in [0, 0.1) is 6.92 Å². The van der Waals surface area contributed by atoms with Gasteiger partial charge in [0.25, 0.3) is 0 Å². The first-order chi connectivity index (χ1) is 8.96. The zero-order chi connectivity index (χ0) is 13.9. The van der Waals surface area contributed by atoms with E-state index in [1.54, 1.807) is 0 Å². The van der Waals surface area contributed by atoms with Gasteiger partial charge in [0.1, 0.15) is 0 Å². The highest BCUT2D eigenvalue weighted by Crippen LogP contribution is 2.25. The standard InChI is InChI=1S/C15H22ClNO2/c1-11-3-4-12(14(16)7-11)8-15(2,18)9-13-10-19-6-5-17-13/h3-4,7,13,17-18H,5-6,8-10H2,1-2H3. The van der Waals surface area contributed by atoms with Gasteiger partial charge in [-0.15, -0.1) is 0 Å². The molecule has 1 saturated heterocycles. The second kappa shape index (κ2) is 6.23. The molecule has 0 spiro atoms. The molecule has 0 bridgehead atoms. The van der Waals surface area contributed by atoms with Gasteiger partial charge in [-0.3, -0.25) is 0 Å². The van der Waals surface area contributed by atoms with Crippen molar-refractivity contribution < 1.29 is 9.84 Å². The molecule has 1 heterocycles. The molecule has 0 aromatic heterocycles. The minimum atomic E-state index is -0.780. The van der Waals surface area contributed by atoms with Gasteiger partial charge < -0.3 is 15.2 Å². The van der Waals surface area contributed by atoms with Gasteiger partial charge in [0.15, 0.2) is 0 Å². The third-order valence-electron chi connectivity index (χ3n) is 3.46. The molecule has 19 heavy (non-hydrogen) atoms. The van der Waals surface area contributed by atoms with Crippen LogP contribution >= 0.6 is 11.6 Å². The fraction of sp³-hybridized carbons (Fsp3) is 0.600. The van der Waals surface area contributed by atoms with Crippen molar-refractivity contribution in [3.63, 3.8) is 0 Å². The number of halogens is 1. The molecule has 0 amide bonds. The molecule has 0 radical (unpaired) electrons. The van der Waals surface area contributed by atoms with Gasteiger partial charge in [0.05, 0.1) is 18.8 Å². The van der Waals surface area contributed by atoms with Gasteiger partial charge in [0, 0.05) is 24.0 Å². The van der Waals surface area contributed by atoms with E-state index in [0.717, 1.165) is 29.3 Å². The van der Waals surface area contributed by atoms with E-state index in [4.69, 9.17) is 16.3 Å². The summed E-state index contributed by atoms with van der Waals surface area (Å²) < 4.78 is 5.42. The van der Waals surface area contributed by atoms with E-state index in [0.29, 0.717) is 19.4 Å². The Hall–Kier alpha value is -0.610. The number of hydrogen-bond donors (Lipinski definition) is 2. The molecule has 1 aromatic carbocycles. The molecule has 1 aromatic rings. The van der Waals surface area contributed by atoms with Gasteiger partial charge in [0.2, 0.25) is 0 Å². The van der Waals surface area contributed by atoms with Crippen molar-refractivity contribution >= 4 is 11.6 Å². The van der Waals surface area contributed by atoms with Gasteiger partial charge >= 0.3 is 0 Å². The summed E-state index contributed by atoms with van der Waals surface area (Å²) >= 11 is 6.23. The number of aliphatic hydroxyl groups is 1.